The van der Waals surface area contributed by atoms with E-state index in [4.69, 9.17) is 9.97 Å². The molecule has 0 saturated carbocycles. The zero-order valence-corrected chi connectivity index (χ0v) is 27.0. The smallest absolute Gasteiger partial charge is 0.132 e. The maximum atomic E-state index is 4.88. The minimum absolute atomic E-state index is 0.454. The van der Waals surface area contributed by atoms with E-state index in [-0.39, 0.29) is 0 Å². The van der Waals surface area contributed by atoms with Crippen LogP contribution in [0.1, 0.15) is 144 Å². The van der Waals surface area contributed by atoms with E-state index < -0.39 is 0 Å². The van der Waals surface area contributed by atoms with Crippen LogP contribution in [0.3, 0.4) is 0 Å². The first-order valence-corrected chi connectivity index (χ1v) is 17.3. The van der Waals surface area contributed by atoms with Crippen LogP contribution in [0, 0.1) is 0 Å². The Morgan fingerprint density at radius 1 is 0.526 bits per heavy atom. The standard InChI is InChI=1S/C30H50N4S4/c1-2-3-4-5-9-12-15-24(30-33-27(22-37)19-28(23-38)34-30)16-13-10-7-6-8-11-14-17-29-31-25(20-35)18-26(21-36)32-29/h18-19,24,35-38H,2-17,20-23H2,1H3. The summed E-state index contributed by atoms with van der Waals surface area (Å²) in [4.78, 5) is 19.0. The second-order valence-corrected chi connectivity index (χ2v) is 11.6. The first-order chi connectivity index (χ1) is 18.6. The molecule has 0 bridgehead atoms. The van der Waals surface area contributed by atoms with E-state index in [1.54, 1.807) is 0 Å². The summed E-state index contributed by atoms with van der Waals surface area (Å²) >= 11 is 17.7. The van der Waals surface area contributed by atoms with Gasteiger partial charge in [0.1, 0.15) is 11.6 Å². The van der Waals surface area contributed by atoms with Gasteiger partial charge in [0.25, 0.3) is 0 Å². The van der Waals surface area contributed by atoms with Crippen LogP contribution in [0.25, 0.3) is 0 Å². The summed E-state index contributed by atoms with van der Waals surface area (Å²) in [6.07, 6.45) is 20.1. The molecule has 1 unspecified atom stereocenters. The Balaban J connectivity index is 1.72. The van der Waals surface area contributed by atoms with Gasteiger partial charge >= 0.3 is 0 Å². The van der Waals surface area contributed by atoms with Gasteiger partial charge in [-0.05, 0) is 31.4 Å². The van der Waals surface area contributed by atoms with Crippen LogP contribution in [0.5, 0.6) is 0 Å². The molecule has 0 aliphatic rings. The minimum Gasteiger partial charge on any atom is -0.237 e. The summed E-state index contributed by atoms with van der Waals surface area (Å²) < 4.78 is 0. The van der Waals surface area contributed by atoms with Crippen molar-refractivity contribution in [2.75, 3.05) is 0 Å². The van der Waals surface area contributed by atoms with Gasteiger partial charge in [-0.3, -0.25) is 0 Å². The number of rotatable bonds is 22. The van der Waals surface area contributed by atoms with E-state index in [1.165, 1.54) is 89.9 Å². The molecule has 0 saturated heterocycles. The highest BCUT2D eigenvalue weighted by Gasteiger charge is 2.16. The number of hydrogen-bond acceptors (Lipinski definition) is 8. The minimum atomic E-state index is 0.454. The maximum absolute atomic E-state index is 4.88. The highest BCUT2D eigenvalue weighted by Crippen LogP contribution is 2.27. The second-order valence-electron chi connectivity index (χ2n) is 10.4. The van der Waals surface area contributed by atoms with Crippen LogP contribution in [-0.4, -0.2) is 19.9 Å². The van der Waals surface area contributed by atoms with E-state index in [0.29, 0.717) is 28.9 Å². The van der Waals surface area contributed by atoms with Crippen LogP contribution in [0.15, 0.2) is 12.1 Å². The third-order valence-corrected chi connectivity index (χ3v) is 8.40. The lowest BCUT2D eigenvalue weighted by Gasteiger charge is -2.17. The van der Waals surface area contributed by atoms with Crippen molar-refractivity contribution in [3.05, 3.63) is 46.6 Å². The van der Waals surface area contributed by atoms with Crippen LogP contribution in [-0.2, 0) is 29.4 Å². The molecular formula is C30H50N4S4. The molecular weight excluding hydrogens is 545 g/mol. The van der Waals surface area contributed by atoms with Crippen LogP contribution in [0.4, 0.5) is 0 Å². The third-order valence-electron chi connectivity index (χ3n) is 7.10. The Bertz CT molecular complexity index is 852. The van der Waals surface area contributed by atoms with Crippen molar-refractivity contribution in [1.29, 1.82) is 0 Å². The third kappa shape index (κ3) is 13.8. The van der Waals surface area contributed by atoms with Crippen molar-refractivity contribution in [3.63, 3.8) is 0 Å². The van der Waals surface area contributed by atoms with E-state index >= 15 is 0 Å². The van der Waals surface area contributed by atoms with Gasteiger partial charge < -0.3 is 0 Å². The fraction of sp³-hybridized carbons (Fsp3) is 0.733. The van der Waals surface area contributed by atoms with Crippen molar-refractivity contribution < 1.29 is 0 Å². The highest BCUT2D eigenvalue weighted by molar-refractivity contribution is 7.79. The molecule has 38 heavy (non-hydrogen) atoms. The first kappa shape index (κ1) is 33.8. The van der Waals surface area contributed by atoms with Gasteiger partial charge in [-0.25, -0.2) is 19.9 Å². The quantitative estimate of drug-likeness (QED) is 0.0811. The molecule has 0 radical (unpaired) electrons. The summed E-state index contributed by atoms with van der Waals surface area (Å²) in [5, 5.41) is 0. The van der Waals surface area contributed by atoms with Crippen LogP contribution >= 0.6 is 50.5 Å². The summed E-state index contributed by atoms with van der Waals surface area (Å²) in [6, 6.07) is 4.05. The van der Waals surface area contributed by atoms with Crippen molar-refractivity contribution in [2.24, 2.45) is 0 Å². The number of aryl methyl sites for hydroxylation is 1. The Morgan fingerprint density at radius 2 is 0.921 bits per heavy atom. The molecule has 4 nitrogen and oxygen atoms in total. The van der Waals surface area contributed by atoms with Crippen molar-refractivity contribution in [3.8, 4) is 0 Å². The molecule has 0 aliphatic heterocycles. The predicted molar refractivity (Wildman–Crippen MR) is 176 cm³/mol. The van der Waals surface area contributed by atoms with Gasteiger partial charge in [0.15, 0.2) is 0 Å². The van der Waals surface area contributed by atoms with Crippen molar-refractivity contribution in [2.45, 2.75) is 139 Å². The fourth-order valence-corrected chi connectivity index (χ4v) is 5.59. The zero-order valence-electron chi connectivity index (χ0n) is 23.5. The monoisotopic (exact) mass is 594 g/mol. The van der Waals surface area contributed by atoms with Gasteiger partial charge in [0.2, 0.25) is 0 Å². The van der Waals surface area contributed by atoms with E-state index in [0.717, 1.165) is 47.3 Å². The summed E-state index contributed by atoms with van der Waals surface area (Å²) in [5.74, 6) is 5.04. The Kier molecular flexibility index (Phi) is 18.9. The van der Waals surface area contributed by atoms with Crippen LogP contribution in [0.2, 0.25) is 0 Å². The van der Waals surface area contributed by atoms with Gasteiger partial charge in [-0.2, -0.15) is 50.5 Å². The number of aromatic nitrogens is 4. The fourth-order valence-electron chi connectivity index (χ4n) is 4.94. The summed E-state index contributed by atoms with van der Waals surface area (Å²) in [6.45, 7) is 2.28. The molecule has 2 heterocycles. The SMILES string of the molecule is CCCCCCCCC(CCCCCCCCCc1nc(CS)cc(CS)n1)c1nc(CS)cc(CS)n1. The Morgan fingerprint density at radius 3 is 1.37 bits per heavy atom. The van der Waals surface area contributed by atoms with Crippen LogP contribution < -0.4 is 0 Å². The molecule has 1 atom stereocenters. The number of unbranched alkanes of at least 4 members (excludes halogenated alkanes) is 11. The summed E-state index contributed by atoms with van der Waals surface area (Å²) in [7, 11) is 0. The molecule has 2 aromatic heterocycles. The summed E-state index contributed by atoms with van der Waals surface area (Å²) in [5.41, 5.74) is 4.06. The molecule has 214 valence electrons. The highest BCUT2D eigenvalue weighted by atomic mass is 32.1. The Hall–Kier alpha value is -0.440. The lowest BCUT2D eigenvalue weighted by atomic mass is 9.93. The number of nitrogens with zero attached hydrogens (tertiary/aromatic N) is 4. The van der Waals surface area contributed by atoms with Gasteiger partial charge in [0, 0.05) is 35.4 Å². The molecule has 2 aromatic rings. The zero-order chi connectivity index (χ0) is 27.4. The average Bonchev–Trinajstić information content (AvgIpc) is 2.96. The van der Waals surface area contributed by atoms with E-state index in [1.807, 2.05) is 12.1 Å². The second kappa shape index (κ2) is 21.3. The molecule has 0 N–H and O–H groups in total. The van der Waals surface area contributed by atoms with Gasteiger partial charge in [-0.1, -0.05) is 84.0 Å². The lowest BCUT2D eigenvalue weighted by Crippen LogP contribution is -2.09. The first-order valence-electron chi connectivity index (χ1n) is 14.8. The lowest BCUT2D eigenvalue weighted by molar-refractivity contribution is 0.469. The maximum Gasteiger partial charge on any atom is 0.132 e. The van der Waals surface area contributed by atoms with Gasteiger partial charge in [-0.15, -0.1) is 0 Å². The van der Waals surface area contributed by atoms with Crippen molar-refractivity contribution >= 4 is 50.5 Å². The normalized spacial score (nSPS) is 12.2. The van der Waals surface area contributed by atoms with Gasteiger partial charge in [0.05, 0.1) is 22.8 Å². The molecule has 0 spiro atoms. The van der Waals surface area contributed by atoms with E-state index in [2.05, 4.69) is 67.4 Å². The topological polar surface area (TPSA) is 51.6 Å². The molecule has 0 amide bonds. The Labute approximate surface area is 254 Å². The number of hydrogen-bond donors (Lipinski definition) is 4. The predicted octanol–water partition coefficient (Wildman–Crippen LogP) is 9.18. The van der Waals surface area contributed by atoms with Crippen molar-refractivity contribution in [1.82, 2.24) is 19.9 Å². The molecule has 8 heteroatoms. The number of thiol groups is 4. The molecule has 0 aliphatic carbocycles. The van der Waals surface area contributed by atoms with E-state index in [9.17, 15) is 0 Å². The molecule has 2 rings (SSSR count). The molecule has 0 fully saturated rings. The average molecular weight is 595 g/mol. The largest absolute Gasteiger partial charge is 0.237 e. The molecule has 0 aromatic carbocycles.